The van der Waals surface area contributed by atoms with Crippen LogP contribution in [0, 0.1) is 19.7 Å². The first-order valence-corrected chi connectivity index (χ1v) is 9.43. The number of ether oxygens (including phenoxy) is 2. The molecule has 1 heterocycles. The number of hydrogen-bond donors (Lipinski definition) is 1. The minimum absolute atomic E-state index is 0.327. The summed E-state index contributed by atoms with van der Waals surface area (Å²) in [4.78, 5) is 12.7. The van der Waals surface area contributed by atoms with Gasteiger partial charge in [0.1, 0.15) is 18.0 Å². The average molecular weight is 397 g/mol. The summed E-state index contributed by atoms with van der Waals surface area (Å²) in [6.45, 7) is 6.99. The van der Waals surface area contributed by atoms with Crippen molar-refractivity contribution in [3.63, 3.8) is 0 Å². The Hall–Kier alpha value is -3.19. The molecule has 1 N–H and O–H groups in total. The molecule has 0 fully saturated rings. The van der Waals surface area contributed by atoms with Crippen molar-refractivity contribution in [2.24, 2.45) is 0 Å². The molecule has 0 saturated heterocycles. The summed E-state index contributed by atoms with van der Waals surface area (Å²) < 4.78 is 27.1. The molecule has 2 aromatic carbocycles. The molecule has 0 spiro atoms. The lowest BCUT2D eigenvalue weighted by atomic mass is 10.1. The van der Waals surface area contributed by atoms with E-state index in [1.165, 1.54) is 10.7 Å². The van der Waals surface area contributed by atoms with Crippen molar-refractivity contribution in [2.45, 2.75) is 20.8 Å². The van der Waals surface area contributed by atoms with Gasteiger partial charge in [-0.25, -0.2) is 9.07 Å². The van der Waals surface area contributed by atoms with Crippen LogP contribution >= 0.6 is 0 Å². The molecule has 3 rings (SSSR count). The zero-order valence-electron chi connectivity index (χ0n) is 16.7. The maximum atomic E-state index is 14.6. The van der Waals surface area contributed by atoms with Crippen molar-refractivity contribution in [3.05, 3.63) is 71.3 Å². The van der Waals surface area contributed by atoms with Crippen molar-refractivity contribution in [3.8, 4) is 11.4 Å². The molecule has 0 bridgehead atoms. The second kappa shape index (κ2) is 9.34. The Bertz CT molecular complexity index is 1000. The normalized spacial score (nSPS) is 10.8. The topological polar surface area (TPSA) is 65.4 Å². The van der Waals surface area contributed by atoms with E-state index in [4.69, 9.17) is 9.47 Å². The third-order valence-electron chi connectivity index (χ3n) is 4.26. The molecular formula is C22H24FN3O3. The van der Waals surface area contributed by atoms with Gasteiger partial charge in [-0.3, -0.25) is 4.79 Å². The van der Waals surface area contributed by atoms with Gasteiger partial charge < -0.3 is 14.8 Å². The van der Waals surface area contributed by atoms with E-state index in [1.807, 2.05) is 26.8 Å². The summed E-state index contributed by atoms with van der Waals surface area (Å²) in [7, 11) is 0. The first kappa shape index (κ1) is 20.5. The van der Waals surface area contributed by atoms with Crippen LogP contribution in [0.5, 0.6) is 5.75 Å². The zero-order chi connectivity index (χ0) is 20.8. The Labute approximate surface area is 169 Å². The molecule has 0 atom stereocenters. The highest BCUT2D eigenvalue weighted by Gasteiger charge is 2.15. The number of nitrogens with one attached hydrogen (secondary N) is 1. The summed E-state index contributed by atoms with van der Waals surface area (Å²) in [6, 6.07) is 13.3. The standard InChI is InChI=1S/C22H24FN3O3/c1-4-28-11-12-29-21-8-6-5-7-18(21)22(27)24-17-9-10-20(19(23)14-17)26-16(3)13-15(2)25-26/h5-10,13-14H,4,11-12H2,1-3H3,(H,24,27). The molecular weight excluding hydrogens is 373 g/mol. The molecule has 0 aliphatic heterocycles. The number of amides is 1. The van der Waals surface area contributed by atoms with Gasteiger partial charge in [0.2, 0.25) is 0 Å². The van der Waals surface area contributed by atoms with Crippen molar-refractivity contribution in [1.82, 2.24) is 9.78 Å². The predicted octanol–water partition coefficient (Wildman–Crippen LogP) is 4.30. The van der Waals surface area contributed by atoms with Crippen LogP contribution in [-0.4, -0.2) is 35.5 Å². The van der Waals surface area contributed by atoms with Crippen molar-refractivity contribution in [2.75, 3.05) is 25.1 Å². The Morgan fingerprint density at radius 3 is 2.62 bits per heavy atom. The Morgan fingerprint density at radius 1 is 1.14 bits per heavy atom. The number of carbonyl (C=O) groups excluding carboxylic acids is 1. The van der Waals surface area contributed by atoms with E-state index in [0.29, 0.717) is 42.5 Å². The number of benzene rings is 2. The summed E-state index contributed by atoms with van der Waals surface area (Å²) in [5.74, 6) is -0.407. The number of rotatable bonds is 8. The minimum atomic E-state index is -0.477. The average Bonchev–Trinajstić information content (AvgIpc) is 3.03. The van der Waals surface area contributed by atoms with Gasteiger partial charge in [-0.1, -0.05) is 12.1 Å². The highest BCUT2D eigenvalue weighted by Crippen LogP contribution is 2.23. The first-order chi connectivity index (χ1) is 14.0. The third kappa shape index (κ3) is 5.00. The van der Waals surface area contributed by atoms with Crippen molar-refractivity contribution >= 4 is 11.6 Å². The summed E-state index contributed by atoms with van der Waals surface area (Å²) in [5, 5.41) is 7.02. The second-order valence-electron chi connectivity index (χ2n) is 6.50. The van der Waals surface area contributed by atoms with Crippen LogP contribution < -0.4 is 10.1 Å². The fraction of sp³-hybridized carbons (Fsp3) is 0.273. The molecule has 0 aliphatic rings. The number of para-hydroxylation sites is 1. The molecule has 0 aliphatic carbocycles. The van der Waals surface area contributed by atoms with E-state index >= 15 is 0 Å². The Balaban J connectivity index is 1.74. The van der Waals surface area contributed by atoms with Gasteiger partial charge in [-0.2, -0.15) is 5.10 Å². The quantitative estimate of drug-likeness (QED) is 0.576. The van der Waals surface area contributed by atoms with Gasteiger partial charge in [0.05, 0.1) is 17.9 Å². The van der Waals surface area contributed by atoms with Crippen LogP contribution in [0.25, 0.3) is 5.69 Å². The minimum Gasteiger partial charge on any atom is -0.490 e. The van der Waals surface area contributed by atoms with Crippen LogP contribution in [0.1, 0.15) is 28.7 Å². The molecule has 29 heavy (non-hydrogen) atoms. The monoisotopic (exact) mass is 397 g/mol. The van der Waals surface area contributed by atoms with E-state index in [1.54, 1.807) is 36.4 Å². The van der Waals surface area contributed by atoms with Crippen molar-refractivity contribution in [1.29, 1.82) is 0 Å². The van der Waals surface area contributed by atoms with Crippen LogP contribution in [0.4, 0.5) is 10.1 Å². The Kier molecular flexibility index (Phi) is 6.61. The summed E-state index contributed by atoms with van der Waals surface area (Å²) >= 11 is 0. The van der Waals surface area contributed by atoms with Crippen molar-refractivity contribution < 1.29 is 18.7 Å². The van der Waals surface area contributed by atoms with E-state index in [2.05, 4.69) is 10.4 Å². The van der Waals surface area contributed by atoms with Gasteiger partial charge in [-0.15, -0.1) is 0 Å². The van der Waals surface area contributed by atoms with Crippen LogP contribution in [-0.2, 0) is 4.74 Å². The SMILES string of the molecule is CCOCCOc1ccccc1C(=O)Nc1ccc(-n2nc(C)cc2C)c(F)c1. The van der Waals surface area contributed by atoms with Gasteiger partial charge in [0.25, 0.3) is 5.91 Å². The van der Waals surface area contributed by atoms with E-state index < -0.39 is 5.82 Å². The Morgan fingerprint density at radius 2 is 1.93 bits per heavy atom. The lowest BCUT2D eigenvalue weighted by Crippen LogP contribution is -2.15. The largest absolute Gasteiger partial charge is 0.490 e. The molecule has 0 unspecified atom stereocenters. The zero-order valence-corrected chi connectivity index (χ0v) is 16.7. The number of halogens is 1. The number of aryl methyl sites for hydroxylation is 2. The fourth-order valence-corrected chi connectivity index (χ4v) is 2.96. The van der Waals surface area contributed by atoms with Gasteiger partial charge >= 0.3 is 0 Å². The van der Waals surface area contributed by atoms with Crippen LogP contribution in [0.3, 0.4) is 0 Å². The number of hydrogen-bond acceptors (Lipinski definition) is 4. The number of anilines is 1. The molecule has 7 heteroatoms. The molecule has 0 saturated carbocycles. The van der Waals surface area contributed by atoms with Crippen LogP contribution in [0.2, 0.25) is 0 Å². The molecule has 3 aromatic rings. The number of nitrogens with zero attached hydrogens (tertiary/aromatic N) is 2. The third-order valence-corrected chi connectivity index (χ3v) is 4.26. The van der Waals surface area contributed by atoms with Gasteiger partial charge in [0.15, 0.2) is 5.82 Å². The van der Waals surface area contributed by atoms with E-state index in [-0.39, 0.29) is 5.91 Å². The lowest BCUT2D eigenvalue weighted by molar-refractivity contribution is 0.0998. The second-order valence-corrected chi connectivity index (χ2v) is 6.50. The first-order valence-electron chi connectivity index (χ1n) is 9.43. The molecule has 0 radical (unpaired) electrons. The predicted molar refractivity (Wildman–Crippen MR) is 109 cm³/mol. The lowest BCUT2D eigenvalue weighted by Gasteiger charge is -2.12. The summed E-state index contributed by atoms with van der Waals surface area (Å²) in [5.41, 5.74) is 2.68. The maximum Gasteiger partial charge on any atom is 0.259 e. The smallest absolute Gasteiger partial charge is 0.259 e. The highest BCUT2D eigenvalue weighted by molar-refractivity contribution is 6.06. The number of aromatic nitrogens is 2. The molecule has 1 amide bonds. The number of carbonyl (C=O) groups is 1. The van der Waals surface area contributed by atoms with Gasteiger partial charge in [0, 0.05) is 18.0 Å². The van der Waals surface area contributed by atoms with Crippen LogP contribution in [0.15, 0.2) is 48.5 Å². The highest BCUT2D eigenvalue weighted by atomic mass is 19.1. The summed E-state index contributed by atoms with van der Waals surface area (Å²) in [6.07, 6.45) is 0. The molecule has 1 aromatic heterocycles. The maximum absolute atomic E-state index is 14.6. The fourth-order valence-electron chi connectivity index (χ4n) is 2.96. The van der Waals surface area contributed by atoms with E-state index in [0.717, 1.165) is 11.4 Å². The molecule has 6 nitrogen and oxygen atoms in total. The molecule has 152 valence electrons. The van der Waals surface area contributed by atoms with Gasteiger partial charge in [-0.05, 0) is 57.2 Å². The van der Waals surface area contributed by atoms with E-state index in [9.17, 15) is 9.18 Å².